The monoisotopic (exact) mass is 304 g/mol. The van der Waals surface area contributed by atoms with Gasteiger partial charge >= 0.3 is 0 Å². The summed E-state index contributed by atoms with van der Waals surface area (Å²) in [6.07, 6.45) is 8.09. The van der Waals surface area contributed by atoms with E-state index in [-0.39, 0.29) is 0 Å². The number of carbonyl (C=O) groups excluding carboxylic acids is 1. The normalized spacial score (nSPS) is 43.3. The van der Waals surface area contributed by atoms with E-state index < -0.39 is 0 Å². The molecular weight excluding hydrogens is 272 g/mol. The number of likely N-dealkylation sites (N-methyl/N-ethyl adjacent to an activating group) is 1. The smallest absolute Gasteiger partial charge is 0.226 e. The molecule has 1 heterocycles. The van der Waals surface area contributed by atoms with Crippen molar-refractivity contribution in [3.8, 4) is 0 Å². The molecular formula is C19H32N2O. The molecule has 0 N–H and O–H groups in total. The lowest BCUT2D eigenvalue weighted by molar-refractivity contribution is -0.148. The molecule has 1 aliphatic heterocycles. The Balaban J connectivity index is 1.42. The fraction of sp³-hybridized carbons (Fsp3) is 0.947. The largest absolute Gasteiger partial charge is 0.341 e. The molecule has 22 heavy (non-hydrogen) atoms. The average molecular weight is 304 g/mol. The van der Waals surface area contributed by atoms with Crippen LogP contribution < -0.4 is 0 Å². The Kier molecular flexibility index (Phi) is 3.96. The molecule has 1 amide bonds. The molecule has 124 valence electrons. The van der Waals surface area contributed by atoms with Gasteiger partial charge in [-0.05, 0) is 75.3 Å². The fourth-order valence-electron chi connectivity index (χ4n) is 6.52. The number of nitrogens with zero attached hydrogens (tertiary/aromatic N) is 2. The minimum Gasteiger partial charge on any atom is -0.341 e. The highest BCUT2D eigenvalue weighted by Crippen LogP contribution is 2.57. The zero-order valence-corrected chi connectivity index (χ0v) is 14.3. The lowest BCUT2D eigenvalue weighted by atomic mass is 9.51. The highest BCUT2D eigenvalue weighted by Gasteiger charge is 2.52. The summed E-state index contributed by atoms with van der Waals surface area (Å²) in [5.41, 5.74) is 0. The molecule has 0 spiro atoms. The van der Waals surface area contributed by atoms with Crippen molar-refractivity contribution in [1.82, 2.24) is 9.80 Å². The summed E-state index contributed by atoms with van der Waals surface area (Å²) >= 11 is 0. The Bertz CT molecular complexity index is 403. The lowest BCUT2D eigenvalue weighted by Crippen LogP contribution is -2.52. The van der Waals surface area contributed by atoms with Gasteiger partial charge in [-0.25, -0.2) is 0 Å². The first-order chi connectivity index (χ1) is 10.7. The summed E-state index contributed by atoms with van der Waals surface area (Å²) in [6, 6.07) is 0.607. The van der Waals surface area contributed by atoms with Crippen LogP contribution >= 0.6 is 0 Å². The van der Waals surface area contributed by atoms with Crippen LogP contribution in [-0.2, 0) is 4.79 Å². The first kappa shape index (κ1) is 15.0. The van der Waals surface area contributed by atoms with Gasteiger partial charge < -0.3 is 4.90 Å². The van der Waals surface area contributed by atoms with Crippen molar-refractivity contribution in [1.29, 1.82) is 0 Å². The average Bonchev–Trinajstić information content (AvgIpc) is 2.97. The summed E-state index contributed by atoms with van der Waals surface area (Å²) in [4.78, 5) is 18.0. The Labute approximate surface area is 135 Å². The van der Waals surface area contributed by atoms with E-state index in [0.29, 0.717) is 17.9 Å². The maximum atomic E-state index is 13.2. The van der Waals surface area contributed by atoms with E-state index in [1.807, 2.05) is 0 Å². The third-order valence-corrected chi connectivity index (χ3v) is 7.32. The predicted octanol–water partition coefficient (Wildman–Crippen LogP) is 3.00. The van der Waals surface area contributed by atoms with E-state index in [0.717, 1.165) is 49.9 Å². The van der Waals surface area contributed by atoms with Crippen molar-refractivity contribution >= 4 is 5.91 Å². The Morgan fingerprint density at radius 3 is 2.14 bits per heavy atom. The van der Waals surface area contributed by atoms with Gasteiger partial charge in [0.15, 0.2) is 0 Å². The van der Waals surface area contributed by atoms with Gasteiger partial charge in [-0.2, -0.15) is 0 Å². The molecule has 1 atom stereocenters. The van der Waals surface area contributed by atoms with Crippen LogP contribution in [-0.4, -0.2) is 47.9 Å². The zero-order valence-electron chi connectivity index (χ0n) is 14.3. The summed E-state index contributed by atoms with van der Waals surface area (Å²) in [7, 11) is 0. The van der Waals surface area contributed by atoms with Crippen molar-refractivity contribution < 1.29 is 4.79 Å². The molecule has 0 aromatic rings. The Hall–Kier alpha value is -0.570. The van der Waals surface area contributed by atoms with E-state index in [1.165, 1.54) is 38.5 Å². The quantitative estimate of drug-likeness (QED) is 0.797. The molecule has 4 aliphatic carbocycles. The molecule has 0 aromatic carbocycles. The molecule has 3 nitrogen and oxygen atoms in total. The number of rotatable bonds is 4. The lowest BCUT2D eigenvalue weighted by Gasteiger charge is -2.54. The van der Waals surface area contributed by atoms with Gasteiger partial charge in [0.1, 0.15) is 0 Å². The second-order valence-electron chi connectivity index (χ2n) is 8.40. The predicted molar refractivity (Wildman–Crippen MR) is 88.4 cm³/mol. The highest BCUT2D eigenvalue weighted by molar-refractivity contribution is 5.80. The van der Waals surface area contributed by atoms with Gasteiger partial charge in [-0.3, -0.25) is 9.69 Å². The number of amides is 1. The van der Waals surface area contributed by atoms with Gasteiger partial charge in [0.25, 0.3) is 0 Å². The molecule has 4 saturated carbocycles. The third-order valence-electron chi connectivity index (χ3n) is 7.32. The molecule has 5 aliphatic rings. The third kappa shape index (κ3) is 2.40. The van der Waals surface area contributed by atoms with Gasteiger partial charge in [0, 0.05) is 25.0 Å². The van der Waals surface area contributed by atoms with Crippen molar-refractivity contribution in [3.63, 3.8) is 0 Å². The van der Waals surface area contributed by atoms with Crippen molar-refractivity contribution in [2.75, 3.05) is 26.2 Å². The maximum Gasteiger partial charge on any atom is 0.226 e. The number of hydrogen-bond donors (Lipinski definition) is 0. The fourth-order valence-corrected chi connectivity index (χ4v) is 6.52. The SMILES string of the molecule is CCN(CC)C1CCN(C(=O)C2C3CC4CC(C3)CC2C4)C1. The molecule has 0 aromatic heterocycles. The highest BCUT2D eigenvalue weighted by atomic mass is 16.2. The van der Waals surface area contributed by atoms with Crippen LogP contribution in [0.25, 0.3) is 0 Å². The van der Waals surface area contributed by atoms with E-state index in [1.54, 1.807) is 0 Å². The van der Waals surface area contributed by atoms with Crippen molar-refractivity contribution in [2.45, 2.75) is 58.4 Å². The summed E-state index contributed by atoms with van der Waals surface area (Å²) in [6.45, 7) is 8.70. The minimum atomic E-state index is 0.392. The van der Waals surface area contributed by atoms with Gasteiger partial charge in [0.05, 0.1) is 0 Å². The number of hydrogen-bond acceptors (Lipinski definition) is 2. The van der Waals surface area contributed by atoms with Crippen molar-refractivity contribution in [2.24, 2.45) is 29.6 Å². The van der Waals surface area contributed by atoms with Crippen molar-refractivity contribution in [3.05, 3.63) is 0 Å². The van der Waals surface area contributed by atoms with E-state index in [4.69, 9.17) is 0 Å². The van der Waals surface area contributed by atoms with Crippen LogP contribution in [0.15, 0.2) is 0 Å². The van der Waals surface area contributed by atoms with Crippen LogP contribution in [0.1, 0.15) is 52.4 Å². The standard InChI is InChI=1S/C19H32N2O/c1-3-20(4-2)17-5-6-21(12-17)19(22)18-15-8-13-7-14(10-15)11-16(18)9-13/h13-18H,3-12H2,1-2H3. The molecule has 3 heteroatoms. The molecule has 1 unspecified atom stereocenters. The topological polar surface area (TPSA) is 23.6 Å². The first-order valence-electron chi connectivity index (χ1n) is 9.72. The van der Waals surface area contributed by atoms with E-state index in [9.17, 15) is 4.79 Å². The van der Waals surface area contributed by atoms with Crippen LogP contribution in [0.3, 0.4) is 0 Å². The number of carbonyl (C=O) groups is 1. The molecule has 4 bridgehead atoms. The van der Waals surface area contributed by atoms with E-state index in [2.05, 4.69) is 23.6 Å². The van der Waals surface area contributed by atoms with Gasteiger partial charge in [0.2, 0.25) is 5.91 Å². The second kappa shape index (κ2) is 5.81. The minimum absolute atomic E-state index is 0.392. The maximum absolute atomic E-state index is 13.2. The molecule has 5 rings (SSSR count). The van der Waals surface area contributed by atoms with Gasteiger partial charge in [-0.15, -0.1) is 0 Å². The zero-order chi connectivity index (χ0) is 15.3. The van der Waals surface area contributed by atoms with Crippen LogP contribution in [0, 0.1) is 29.6 Å². The summed E-state index contributed by atoms with van der Waals surface area (Å²) < 4.78 is 0. The molecule has 1 saturated heterocycles. The van der Waals surface area contributed by atoms with E-state index >= 15 is 0 Å². The van der Waals surface area contributed by atoms with Crippen LogP contribution in [0.2, 0.25) is 0 Å². The molecule has 5 fully saturated rings. The van der Waals surface area contributed by atoms with Crippen LogP contribution in [0.5, 0.6) is 0 Å². The summed E-state index contributed by atoms with van der Waals surface area (Å²) in [5, 5.41) is 0. The first-order valence-corrected chi connectivity index (χ1v) is 9.72. The summed E-state index contributed by atoms with van der Waals surface area (Å²) in [5.74, 6) is 4.32. The molecule has 0 radical (unpaired) electrons. The Morgan fingerprint density at radius 2 is 1.59 bits per heavy atom. The second-order valence-corrected chi connectivity index (χ2v) is 8.40. The van der Waals surface area contributed by atoms with Crippen LogP contribution in [0.4, 0.5) is 0 Å². The number of likely N-dealkylation sites (tertiary alicyclic amines) is 1. The van der Waals surface area contributed by atoms with Gasteiger partial charge in [-0.1, -0.05) is 13.8 Å². The Morgan fingerprint density at radius 1 is 1.00 bits per heavy atom.